The molecule has 21 heavy (non-hydrogen) atoms. The first-order valence-electron chi connectivity index (χ1n) is 6.15. The lowest BCUT2D eigenvalue weighted by molar-refractivity contribution is -0.128. The topological polar surface area (TPSA) is 68.2 Å². The SMILES string of the molecule is COc1ccc(C(=O)C2(Cl)C(=O)N(C)N=C2C)cc1OC. The molecule has 112 valence electrons. The smallest absolute Gasteiger partial charge is 0.277 e. The van der Waals surface area contributed by atoms with Crippen LogP contribution in [0, 0.1) is 0 Å². The lowest BCUT2D eigenvalue weighted by atomic mass is 9.92. The minimum atomic E-state index is -1.80. The van der Waals surface area contributed by atoms with Crippen LogP contribution in [0.3, 0.4) is 0 Å². The van der Waals surface area contributed by atoms with E-state index in [2.05, 4.69) is 5.10 Å². The zero-order chi connectivity index (χ0) is 15.8. The van der Waals surface area contributed by atoms with Crippen molar-refractivity contribution in [1.82, 2.24) is 5.01 Å². The Labute approximate surface area is 127 Å². The van der Waals surface area contributed by atoms with E-state index in [1.54, 1.807) is 13.0 Å². The summed E-state index contributed by atoms with van der Waals surface area (Å²) in [4.78, 5) is 23.0. The number of hydrazone groups is 1. The summed E-state index contributed by atoms with van der Waals surface area (Å²) in [5.74, 6) is -0.239. The molecule has 1 heterocycles. The van der Waals surface area contributed by atoms with Gasteiger partial charge in [-0.2, -0.15) is 5.10 Å². The number of carbonyl (C=O) groups is 2. The monoisotopic (exact) mass is 310 g/mol. The number of hydrogen-bond acceptors (Lipinski definition) is 5. The van der Waals surface area contributed by atoms with Gasteiger partial charge in [0.2, 0.25) is 4.87 Å². The Kier molecular flexibility index (Phi) is 3.91. The van der Waals surface area contributed by atoms with E-state index < -0.39 is 16.6 Å². The summed E-state index contributed by atoms with van der Waals surface area (Å²) in [5.41, 5.74) is 0.498. The summed E-state index contributed by atoms with van der Waals surface area (Å²) in [6.45, 7) is 1.55. The molecule has 0 N–H and O–H groups in total. The summed E-state index contributed by atoms with van der Waals surface area (Å²) in [6, 6.07) is 4.61. The zero-order valence-corrected chi connectivity index (χ0v) is 12.9. The molecular formula is C14H15ClN2O4. The van der Waals surface area contributed by atoms with E-state index >= 15 is 0 Å². The van der Waals surface area contributed by atoms with E-state index in [0.717, 1.165) is 5.01 Å². The maximum atomic E-state index is 12.6. The van der Waals surface area contributed by atoms with Crippen molar-refractivity contribution in [1.29, 1.82) is 0 Å². The second-order valence-corrected chi connectivity index (χ2v) is 5.14. The van der Waals surface area contributed by atoms with Gasteiger partial charge in [-0.05, 0) is 25.1 Å². The number of carbonyl (C=O) groups excluding carboxylic acids is 2. The molecule has 7 heteroatoms. The summed E-state index contributed by atoms with van der Waals surface area (Å²) in [6.07, 6.45) is 0. The number of ether oxygens (including phenoxy) is 2. The largest absolute Gasteiger partial charge is 0.493 e. The van der Waals surface area contributed by atoms with Crippen LogP contribution in [0.25, 0.3) is 0 Å². The van der Waals surface area contributed by atoms with E-state index in [-0.39, 0.29) is 11.3 Å². The number of ketones is 1. The number of Topliss-reactive ketones (excluding diaryl/α,β-unsaturated/α-hetero) is 1. The van der Waals surface area contributed by atoms with Crippen molar-refractivity contribution >= 4 is 29.0 Å². The minimum absolute atomic E-state index is 0.247. The van der Waals surface area contributed by atoms with Gasteiger partial charge in [0.15, 0.2) is 17.3 Å². The van der Waals surface area contributed by atoms with Gasteiger partial charge in [0.05, 0.1) is 19.9 Å². The Hall–Kier alpha value is -2.08. The Balaban J connectivity index is 2.46. The molecule has 0 bridgehead atoms. The normalized spacial score (nSPS) is 21.3. The van der Waals surface area contributed by atoms with Crippen LogP contribution in [0.5, 0.6) is 11.5 Å². The quantitative estimate of drug-likeness (QED) is 0.482. The Morgan fingerprint density at radius 3 is 2.38 bits per heavy atom. The standard InChI is InChI=1S/C14H15ClN2O4/c1-8-14(15,13(19)17(2)16-8)12(18)9-5-6-10(20-3)11(7-9)21-4/h5-7H,1-4H3. The van der Waals surface area contributed by atoms with Crippen molar-refractivity contribution in [2.24, 2.45) is 5.10 Å². The molecule has 0 aliphatic carbocycles. The third-order valence-corrected chi connectivity index (χ3v) is 3.95. The number of amides is 1. The van der Waals surface area contributed by atoms with Crippen LogP contribution in [-0.4, -0.2) is 48.6 Å². The average molecular weight is 311 g/mol. The van der Waals surface area contributed by atoms with Gasteiger partial charge in [-0.1, -0.05) is 11.6 Å². The lowest BCUT2D eigenvalue weighted by Crippen LogP contribution is -2.46. The maximum absolute atomic E-state index is 12.6. The number of nitrogens with zero attached hydrogens (tertiary/aromatic N) is 2. The number of alkyl halides is 1. The molecule has 1 amide bonds. The van der Waals surface area contributed by atoms with Gasteiger partial charge in [0.25, 0.3) is 5.91 Å². The maximum Gasteiger partial charge on any atom is 0.277 e. The highest BCUT2D eigenvalue weighted by atomic mass is 35.5. The third-order valence-electron chi connectivity index (χ3n) is 3.35. The molecular weight excluding hydrogens is 296 g/mol. The second-order valence-electron chi connectivity index (χ2n) is 4.57. The first kappa shape index (κ1) is 15.3. The van der Waals surface area contributed by atoms with Crippen LogP contribution in [-0.2, 0) is 4.79 Å². The van der Waals surface area contributed by atoms with Gasteiger partial charge < -0.3 is 9.47 Å². The number of rotatable bonds is 4. The van der Waals surface area contributed by atoms with Crippen molar-refractivity contribution in [3.05, 3.63) is 23.8 Å². The van der Waals surface area contributed by atoms with Gasteiger partial charge in [0.1, 0.15) is 0 Å². The van der Waals surface area contributed by atoms with Crippen molar-refractivity contribution in [3.63, 3.8) is 0 Å². The van der Waals surface area contributed by atoms with Crippen LogP contribution >= 0.6 is 11.6 Å². The highest BCUT2D eigenvalue weighted by Gasteiger charge is 2.53. The predicted octanol–water partition coefficient (Wildman–Crippen LogP) is 1.71. The van der Waals surface area contributed by atoms with E-state index in [0.29, 0.717) is 11.5 Å². The molecule has 0 saturated carbocycles. The zero-order valence-electron chi connectivity index (χ0n) is 12.1. The average Bonchev–Trinajstić information content (AvgIpc) is 2.69. The van der Waals surface area contributed by atoms with Gasteiger partial charge in [0, 0.05) is 12.6 Å². The number of halogens is 1. The molecule has 1 aliphatic heterocycles. The summed E-state index contributed by atoms with van der Waals surface area (Å²) in [5, 5.41) is 5.01. The first-order chi connectivity index (χ1) is 9.86. The predicted molar refractivity (Wildman–Crippen MR) is 78.3 cm³/mol. The molecule has 6 nitrogen and oxygen atoms in total. The molecule has 0 fully saturated rings. The Morgan fingerprint density at radius 1 is 1.29 bits per heavy atom. The van der Waals surface area contributed by atoms with E-state index in [1.807, 2.05) is 0 Å². The van der Waals surface area contributed by atoms with Crippen molar-refractivity contribution < 1.29 is 19.1 Å². The molecule has 0 radical (unpaired) electrons. The summed E-state index contributed by atoms with van der Waals surface area (Å²) >= 11 is 6.28. The number of methoxy groups -OCH3 is 2. The van der Waals surface area contributed by atoms with E-state index in [1.165, 1.54) is 33.4 Å². The van der Waals surface area contributed by atoms with Crippen LogP contribution < -0.4 is 9.47 Å². The molecule has 0 aromatic heterocycles. The van der Waals surface area contributed by atoms with E-state index in [4.69, 9.17) is 21.1 Å². The highest BCUT2D eigenvalue weighted by molar-refractivity contribution is 6.60. The van der Waals surface area contributed by atoms with Crippen molar-refractivity contribution in [3.8, 4) is 11.5 Å². The number of benzene rings is 1. The van der Waals surface area contributed by atoms with E-state index in [9.17, 15) is 9.59 Å². The third kappa shape index (κ3) is 2.25. The first-order valence-corrected chi connectivity index (χ1v) is 6.53. The molecule has 1 aromatic carbocycles. The molecule has 0 spiro atoms. The van der Waals surface area contributed by atoms with Crippen LogP contribution in [0.15, 0.2) is 23.3 Å². The molecule has 1 atom stereocenters. The molecule has 2 rings (SSSR count). The minimum Gasteiger partial charge on any atom is -0.493 e. The summed E-state index contributed by atoms with van der Waals surface area (Å²) in [7, 11) is 4.41. The highest BCUT2D eigenvalue weighted by Crippen LogP contribution is 2.34. The van der Waals surface area contributed by atoms with Crippen LogP contribution in [0.1, 0.15) is 17.3 Å². The van der Waals surface area contributed by atoms with Gasteiger partial charge in [-0.15, -0.1) is 0 Å². The van der Waals surface area contributed by atoms with Crippen molar-refractivity contribution in [2.45, 2.75) is 11.8 Å². The second kappa shape index (κ2) is 5.37. The van der Waals surface area contributed by atoms with Crippen LogP contribution in [0.2, 0.25) is 0 Å². The van der Waals surface area contributed by atoms with Gasteiger partial charge >= 0.3 is 0 Å². The van der Waals surface area contributed by atoms with Gasteiger partial charge in [-0.25, -0.2) is 5.01 Å². The van der Waals surface area contributed by atoms with Crippen molar-refractivity contribution in [2.75, 3.05) is 21.3 Å². The molecule has 0 saturated heterocycles. The fraction of sp³-hybridized carbons (Fsp3) is 0.357. The molecule has 1 aromatic rings. The fourth-order valence-corrected chi connectivity index (χ4v) is 2.42. The summed E-state index contributed by atoms with van der Waals surface area (Å²) < 4.78 is 10.3. The number of hydrogen-bond donors (Lipinski definition) is 0. The fourth-order valence-electron chi connectivity index (χ4n) is 2.15. The lowest BCUT2D eigenvalue weighted by Gasteiger charge is -2.19. The molecule has 1 unspecified atom stereocenters. The molecule has 1 aliphatic rings. The Morgan fingerprint density at radius 2 is 1.90 bits per heavy atom. The van der Waals surface area contributed by atoms with Gasteiger partial charge in [-0.3, -0.25) is 9.59 Å². The Bertz CT molecular complexity index is 644. The van der Waals surface area contributed by atoms with Crippen LogP contribution in [0.4, 0.5) is 0 Å².